The van der Waals surface area contributed by atoms with E-state index >= 15 is 0 Å². The number of hydrogen-bond donors (Lipinski definition) is 1. The monoisotopic (exact) mass is 403 g/mol. The maximum Gasteiger partial charge on any atom is 0.263 e. The highest BCUT2D eigenvalue weighted by molar-refractivity contribution is 7.12. The van der Waals surface area contributed by atoms with Crippen molar-refractivity contribution in [3.8, 4) is 0 Å². The van der Waals surface area contributed by atoms with Gasteiger partial charge >= 0.3 is 0 Å². The molecule has 6 heteroatoms. The normalized spacial score (nSPS) is 24.7. The van der Waals surface area contributed by atoms with E-state index < -0.39 is 0 Å². The molecule has 3 aliphatic rings. The van der Waals surface area contributed by atoms with Crippen molar-refractivity contribution in [2.24, 2.45) is 11.3 Å². The zero-order valence-corrected chi connectivity index (χ0v) is 17.6. The number of nitrogens with one attached hydrogen (secondary N) is 1. The van der Waals surface area contributed by atoms with Gasteiger partial charge in [-0.3, -0.25) is 9.59 Å². The van der Waals surface area contributed by atoms with Crippen LogP contribution in [0.3, 0.4) is 0 Å². The highest BCUT2D eigenvalue weighted by Crippen LogP contribution is 2.48. The summed E-state index contributed by atoms with van der Waals surface area (Å²) in [5.74, 6) is 0.220. The first-order valence-electron chi connectivity index (χ1n) is 11.0. The molecular formula is C22H33N3O2S. The van der Waals surface area contributed by atoms with E-state index in [2.05, 4.69) is 10.2 Å². The minimum Gasteiger partial charge on any atom is -0.356 e. The molecule has 2 amide bonds. The topological polar surface area (TPSA) is 52.7 Å². The van der Waals surface area contributed by atoms with Gasteiger partial charge in [-0.25, -0.2) is 0 Å². The van der Waals surface area contributed by atoms with Gasteiger partial charge in [-0.05, 0) is 63.2 Å². The summed E-state index contributed by atoms with van der Waals surface area (Å²) in [5.41, 5.74) is -0.00972. The third-order valence-corrected chi connectivity index (χ3v) is 7.84. The number of nitrogens with zero attached hydrogens (tertiary/aromatic N) is 2. The summed E-state index contributed by atoms with van der Waals surface area (Å²) in [5, 5.41) is 5.16. The fraction of sp³-hybridized carbons (Fsp3) is 0.727. The van der Waals surface area contributed by atoms with Crippen molar-refractivity contribution in [3.63, 3.8) is 0 Å². The van der Waals surface area contributed by atoms with E-state index in [1.807, 2.05) is 22.4 Å². The van der Waals surface area contributed by atoms with Crippen molar-refractivity contribution in [1.82, 2.24) is 15.1 Å². The second-order valence-corrected chi connectivity index (χ2v) is 9.78. The van der Waals surface area contributed by atoms with Gasteiger partial charge in [0.2, 0.25) is 5.91 Å². The molecule has 0 radical (unpaired) electrons. The lowest BCUT2D eigenvalue weighted by atomic mass is 9.67. The minimum atomic E-state index is -0.0523. The van der Waals surface area contributed by atoms with Crippen LogP contribution < -0.4 is 5.32 Å². The van der Waals surface area contributed by atoms with Crippen LogP contribution in [0.5, 0.6) is 0 Å². The Morgan fingerprint density at radius 2 is 1.93 bits per heavy atom. The molecule has 154 valence electrons. The molecule has 3 fully saturated rings. The minimum absolute atomic E-state index is 0.00972. The van der Waals surface area contributed by atoms with Crippen LogP contribution >= 0.6 is 11.3 Å². The average Bonchev–Trinajstić information content (AvgIpc) is 3.46. The van der Waals surface area contributed by atoms with Crippen molar-refractivity contribution in [2.45, 2.75) is 51.4 Å². The number of likely N-dealkylation sites (tertiary alicyclic amines) is 2. The molecule has 1 aliphatic carbocycles. The van der Waals surface area contributed by atoms with Gasteiger partial charge in [-0.15, -0.1) is 11.3 Å². The number of carbonyl (C=O) groups is 2. The smallest absolute Gasteiger partial charge is 0.263 e. The molecule has 0 aromatic carbocycles. The number of amides is 2. The Morgan fingerprint density at radius 1 is 1.14 bits per heavy atom. The zero-order chi connectivity index (χ0) is 19.4. The van der Waals surface area contributed by atoms with Crippen LogP contribution in [0.1, 0.15) is 61.0 Å². The maximum absolute atomic E-state index is 13.1. The first kappa shape index (κ1) is 19.9. The van der Waals surface area contributed by atoms with Gasteiger partial charge in [0.15, 0.2) is 0 Å². The van der Waals surface area contributed by atoms with Crippen molar-refractivity contribution < 1.29 is 9.59 Å². The van der Waals surface area contributed by atoms with Crippen LogP contribution in [0.25, 0.3) is 0 Å². The fourth-order valence-electron chi connectivity index (χ4n) is 5.45. The van der Waals surface area contributed by atoms with E-state index in [-0.39, 0.29) is 23.1 Å². The summed E-state index contributed by atoms with van der Waals surface area (Å²) in [6.07, 6.45) is 9.41. The Balaban J connectivity index is 1.36. The van der Waals surface area contributed by atoms with Crippen LogP contribution in [0.4, 0.5) is 0 Å². The molecule has 3 heterocycles. The molecule has 4 rings (SSSR count). The second-order valence-electron chi connectivity index (χ2n) is 8.83. The number of hydrogen-bond acceptors (Lipinski definition) is 4. The molecule has 28 heavy (non-hydrogen) atoms. The Kier molecular flexibility index (Phi) is 6.36. The molecule has 0 unspecified atom stereocenters. The summed E-state index contributed by atoms with van der Waals surface area (Å²) in [7, 11) is 0. The third kappa shape index (κ3) is 4.28. The Morgan fingerprint density at radius 3 is 2.64 bits per heavy atom. The quantitative estimate of drug-likeness (QED) is 0.741. The van der Waals surface area contributed by atoms with Crippen LogP contribution in [0.2, 0.25) is 0 Å². The molecule has 1 atom stereocenters. The fourth-order valence-corrected chi connectivity index (χ4v) is 6.14. The zero-order valence-electron chi connectivity index (χ0n) is 16.8. The molecule has 1 spiro atoms. The van der Waals surface area contributed by atoms with Crippen molar-refractivity contribution in [3.05, 3.63) is 22.4 Å². The second kappa shape index (κ2) is 8.95. The first-order chi connectivity index (χ1) is 13.7. The molecule has 0 bridgehead atoms. The lowest BCUT2D eigenvalue weighted by Crippen LogP contribution is -2.43. The molecule has 1 aromatic rings. The summed E-state index contributed by atoms with van der Waals surface area (Å²) in [4.78, 5) is 31.2. The largest absolute Gasteiger partial charge is 0.356 e. The maximum atomic E-state index is 13.1. The van der Waals surface area contributed by atoms with Gasteiger partial charge < -0.3 is 15.1 Å². The van der Waals surface area contributed by atoms with E-state index in [4.69, 9.17) is 0 Å². The van der Waals surface area contributed by atoms with Crippen LogP contribution in [0.15, 0.2) is 17.5 Å². The number of carbonyl (C=O) groups excluding carboxylic acids is 2. The standard InChI is InChI=1S/C22H33N3O2S/c26-20(23-11-7-14-24-12-4-5-13-24)18-16-25(21(27)19-8-6-15-28-19)17-22(18)9-2-1-3-10-22/h6,8,15,18H,1-5,7,9-14,16-17H2,(H,23,26)/t18-/m0/s1. The summed E-state index contributed by atoms with van der Waals surface area (Å²) in [6, 6.07) is 3.82. The van der Waals surface area contributed by atoms with Gasteiger partial charge in [-0.2, -0.15) is 0 Å². The summed E-state index contributed by atoms with van der Waals surface area (Å²) in [6.45, 7) is 5.57. The Hall–Kier alpha value is -1.40. The van der Waals surface area contributed by atoms with Gasteiger partial charge in [0.25, 0.3) is 5.91 Å². The molecule has 2 saturated heterocycles. The SMILES string of the molecule is O=C(NCCCN1CCCC1)[C@@H]1CN(C(=O)c2cccs2)CC12CCCCC2. The number of rotatable bonds is 6. The molecule has 1 N–H and O–H groups in total. The van der Waals surface area contributed by atoms with Gasteiger partial charge in [0.1, 0.15) is 0 Å². The Labute approximate surface area is 172 Å². The summed E-state index contributed by atoms with van der Waals surface area (Å²) >= 11 is 1.50. The average molecular weight is 404 g/mol. The highest BCUT2D eigenvalue weighted by atomic mass is 32.1. The summed E-state index contributed by atoms with van der Waals surface area (Å²) < 4.78 is 0. The van der Waals surface area contributed by atoms with Gasteiger partial charge in [0.05, 0.1) is 10.8 Å². The molecule has 1 saturated carbocycles. The van der Waals surface area contributed by atoms with Crippen LogP contribution in [-0.4, -0.2) is 60.9 Å². The van der Waals surface area contributed by atoms with Crippen molar-refractivity contribution >= 4 is 23.2 Å². The van der Waals surface area contributed by atoms with E-state index in [0.717, 1.165) is 43.8 Å². The van der Waals surface area contributed by atoms with Crippen molar-refractivity contribution in [2.75, 3.05) is 39.3 Å². The van der Waals surface area contributed by atoms with Gasteiger partial charge in [0, 0.05) is 25.0 Å². The predicted molar refractivity (Wildman–Crippen MR) is 113 cm³/mol. The van der Waals surface area contributed by atoms with E-state index in [1.54, 1.807) is 0 Å². The lowest BCUT2D eigenvalue weighted by Gasteiger charge is -2.37. The number of thiophene rings is 1. The first-order valence-corrected chi connectivity index (χ1v) is 11.9. The van der Waals surface area contributed by atoms with Crippen molar-refractivity contribution in [1.29, 1.82) is 0 Å². The molecule has 1 aromatic heterocycles. The van der Waals surface area contributed by atoms with E-state index in [9.17, 15) is 9.59 Å². The predicted octanol–water partition coefficient (Wildman–Crippen LogP) is 3.37. The molecule has 2 aliphatic heterocycles. The molecule has 5 nitrogen and oxygen atoms in total. The molecular weight excluding hydrogens is 370 g/mol. The third-order valence-electron chi connectivity index (χ3n) is 6.98. The lowest BCUT2D eigenvalue weighted by molar-refractivity contribution is -0.128. The Bertz CT molecular complexity index is 663. The highest BCUT2D eigenvalue weighted by Gasteiger charge is 2.51. The van der Waals surface area contributed by atoms with Crippen LogP contribution in [0, 0.1) is 11.3 Å². The van der Waals surface area contributed by atoms with Gasteiger partial charge in [-0.1, -0.05) is 25.3 Å². The van der Waals surface area contributed by atoms with E-state index in [0.29, 0.717) is 6.54 Å². The van der Waals surface area contributed by atoms with Crippen LogP contribution in [-0.2, 0) is 4.79 Å². The van der Waals surface area contributed by atoms with E-state index in [1.165, 1.54) is 56.5 Å².